The van der Waals surface area contributed by atoms with Crippen LogP contribution >= 0.6 is 11.3 Å². The minimum atomic E-state index is -1.67. The Balaban J connectivity index is 2.79. The summed E-state index contributed by atoms with van der Waals surface area (Å²) in [7, 11) is -1.67. The maximum atomic E-state index is 6.59. The van der Waals surface area contributed by atoms with E-state index in [1.54, 1.807) is 11.3 Å². The smallest absolute Gasteiger partial charge is 0.192 e. The molecule has 1 aromatic rings. The summed E-state index contributed by atoms with van der Waals surface area (Å²) in [6.45, 7) is 13.9. The van der Waals surface area contributed by atoms with Crippen molar-refractivity contribution < 1.29 is 4.43 Å². The second kappa shape index (κ2) is 6.35. The van der Waals surface area contributed by atoms with E-state index >= 15 is 0 Å². The van der Waals surface area contributed by atoms with Crippen molar-refractivity contribution >= 4 is 19.7 Å². The van der Waals surface area contributed by atoms with Crippen LogP contribution in [-0.2, 0) is 4.43 Å². The highest BCUT2D eigenvalue weighted by Gasteiger charge is 2.39. The lowest BCUT2D eigenvalue weighted by Gasteiger charge is -2.39. The summed E-state index contributed by atoms with van der Waals surface area (Å²) in [6, 6.07) is 2.22. The lowest BCUT2D eigenvalue weighted by molar-refractivity contribution is 0.171. The second-order valence-corrected chi connectivity index (χ2v) is 12.1. The molecule has 0 bridgehead atoms. The van der Waals surface area contributed by atoms with Gasteiger partial charge in [0.05, 0.1) is 6.10 Å². The highest BCUT2D eigenvalue weighted by Crippen LogP contribution is 2.41. The van der Waals surface area contributed by atoms with Crippen LogP contribution < -0.4 is 0 Å². The lowest BCUT2D eigenvalue weighted by atomic mass is 10.1. The average Bonchev–Trinajstić information content (AvgIpc) is 2.75. The van der Waals surface area contributed by atoms with Crippen LogP contribution in [0.25, 0.3) is 0 Å². The van der Waals surface area contributed by atoms with Gasteiger partial charge < -0.3 is 4.43 Å². The van der Waals surface area contributed by atoms with Crippen LogP contribution in [0.15, 0.2) is 16.8 Å². The summed E-state index contributed by atoms with van der Waals surface area (Å²) in [6.07, 6.45) is 3.94. The molecule has 0 aliphatic heterocycles. The molecule has 1 atom stereocenters. The molecular formula is C15H28OSSi. The van der Waals surface area contributed by atoms with E-state index in [-0.39, 0.29) is 5.04 Å². The van der Waals surface area contributed by atoms with Gasteiger partial charge >= 0.3 is 0 Å². The van der Waals surface area contributed by atoms with E-state index in [0.717, 1.165) is 6.42 Å². The third-order valence-electron chi connectivity index (χ3n) is 3.98. The van der Waals surface area contributed by atoms with Gasteiger partial charge in [-0.05, 0) is 46.9 Å². The zero-order valence-electron chi connectivity index (χ0n) is 12.7. The maximum Gasteiger partial charge on any atom is 0.192 e. The van der Waals surface area contributed by atoms with E-state index in [1.807, 2.05) is 0 Å². The molecule has 0 amide bonds. The van der Waals surface area contributed by atoms with Crippen LogP contribution in [0, 0.1) is 0 Å². The Bertz CT molecular complexity index is 338. The van der Waals surface area contributed by atoms with E-state index in [4.69, 9.17) is 4.43 Å². The van der Waals surface area contributed by atoms with E-state index < -0.39 is 8.32 Å². The third kappa shape index (κ3) is 4.21. The Morgan fingerprint density at radius 1 is 1.33 bits per heavy atom. The largest absolute Gasteiger partial charge is 0.410 e. The monoisotopic (exact) mass is 284 g/mol. The van der Waals surface area contributed by atoms with Crippen molar-refractivity contribution in [3.63, 3.8) is 0 Å². The highest BCUT2D eigenvalue weighted by molar-refractivity contribution is 7.08. The second-order valence-electron chi connectivity index (χ2n) is 6.57. The molecule has 0 radical (unpaired) electrons. The number of rotatable bonds is 6. The molecular weight excluding hydrogens is 256 g/mol. The molecule has 3 heteroatoms. The number of thiophene rings is 1. The Morgan fingerprint density at radius 2 is 2.00 bits per heavy atom. The van der Waals surface area contributed by atoms with E-state index in [1.165, 1.54) is 18.4 Å². The van der Waals surface area contributed by atoms with Crippen molar-refractivity contribution in [3.8, 4) is 0 Å². The molecule has 0 fully saturated rings. The molecule has 0 N–H and O–H groups in total. The molecule has 1 rings (SSSR count). The van der Waals surface area contributed by atoms with E-state index in [0.29, 0.717) is 6.10 Å². The van der Waals surface area contributed by atoms with Crippen molar-refractivity contribution in [2.45, 2.75) is 71.2 Å². The van der Waals surface area contributed by atoms with E-state index in [9.17, 15) is 0 Å². The standard InChI is InChI=1S/C15H28OSSi/c1-7-8-9-14(13-10-11-17-12-13)16-18(5,6)15(2,3)4/h10-12,14H,7-9H2,1-6H3/t14-/m1/s1. The van der Waals surface area contributed by atoms with Crippen LogP contribution in [0.2, 0.25) is 18.1 Å². The number of unbranched alkanes of at least 4 members (excludes halogenated alkanes) is 1. The fourth-order valence-corrected chi connectivity index (χ4v) is 3.69. The van der Waals surface area contributed by atoms with Crippen LogP contribution in [0.1, 0.15) is 58.6 Å². The minimum Gasteiger partial charge on any atom is -0.410 e. The van der Waals surface area contributed by atoms with Crippen LogP contribution in [0.3, 0.4) is 0 Å². The molecule has 0 unspecified atom stereocenters. The molecule has 1 nitrogen and oxygen atoms in total. The minimum absolute atomic E-state index is 0.285. The van der Waals surface area contributed by atoms with Gasteiger partial charge in [-0.3, -0.25) is 0 Å². The first kappa shape index (κ1) is 15.9. The molecule has 1 heterocycles. The highest BCUT2D eigenvalue weighted by atomic mass is 32.1. The van der Waals surface area contributed by atoms with Crippen molar-refractivity contribution in [1.29, 1.82) is 0 Å². The molecule has 0 aliphatic rings. The van der Waals surface area contributed by atoms with Gasteiger partial charge in [0, 0.05) is 0 Å². The van der Waals surface area contributed by atoms with Gasteiger partial charge in [0.1, 0.15) is 0 Å². The van der Waals surface area contributed by atoms with Crippen molar-refractivity contribution in [2.24, 2.45) is 0 Å². The van der Waals surface area contributed by atoms with Gasteiger partial charge in [0.25, 0.3) is 0 Å². The lowest BCUT2D eigenvalue weighted by Crippen LogP contribution is -2.41. The molecule has 0 saturated carbocycles. The normalized spacial score (nSPS) is 14.8. The van der Waals surface area contributed by atoms with Crippen molar-refractivity contribution in [1.82, 2.24) is 0 Å². The quantitative estimate of drug-likeness (QED) is 0.582. The predicted octanol–water partition coefficient (Wildman–Crippen LogP) is 6.00. The Kier molecular flexibility index (Phi) is 5.62. The summed E-state index contributed by atoms with van der Waals surface area (Å²) < 4.78 is 6.59. The van der Waals surface area contributed by atoms with Gasteiger partial charge in [-0.15, -0.1) is 0 Å². The van der Waals surface area contributed by atoms with Crippen LogP contribution in [0.4, 0.5) is 0 Å². The first-order valence-corrected chi connectivity index (χ1v) is 10.8. The molecule has 0 spiro atoms. The average molecular weight is 285 g/mol. The predicted molar refractivity (Wildman–Crippen MR) is 84.9 cm³/mol. The SMILES string of the molecule is CCCC[C@@H](O[Si](C)(C)C(C)(C)C)c1ccsc1. The van der Waals surface area contributed by atoms with Crippen molar-refractivity contribution in [3.05, 3.63) is 22.4 Å². The molecule has 18 heavy (non-hydrogen) atoms. The van der Waals surface area contributed by atoms with Gasteiger partial charge in [0.2, 0.25) is 0 Å². The van der Waals surface area contributed by atoms with Gasteiger partial charge in [-0.25, -0.2) is 0 Å². The summed E-state index contributed by atoms with van der Waals surface area (Å²) >= 11 is 1.77. The Hall–Kier alpha value is -0.123. The van der Waals surface area contributed by atoms with Gasteiger partial charge in [-0.1, -0.05) is 40.5 Å². The van der Waals surface area contributed by atoms with Gasteiger partial charge in [0.15, 0.2) is 8.32 Å². The zero-order valence-corrected chi connectivity index (χ0v) is 14.6. The summed E-state index contributed by atoms with van der Waals surface area (Å²) in [4.78, 5) is 0. The fraction of sp³-hybridized carbons (Fsp3) is 0.733. The molecule has 1 aromatic heterocycles. The number of hydrogen-bond donors (Lipinski definition) is 0. The first-order valence-electron chi connectivity index (χ1n) is 6.98. The molecule has 0 aliphatic carbocycles. The Labute approximate surface area is 118 Å². The molecule has 0 aromatic carbocycles. The summed E-state index contributed by atoms with van der Waals surface area (Å²) in [5.41, 5.74) is 1.37. The van der Waals surface area contributed by atoms with Gasteiger partial charge in [-0.2, -0.15) is 11.3 Å². The Morgan fingerprint density at radius 3 is 2.44 bits per heavy atom. The number of hydrogen-bond acceptors (Lipinski definition) is 2. The van der Waals surface area contributed by atoms with Crippen LogP contribution in [0.5, 0.6) is 0 Å². The third-order valence-corrected chi connectivity index (χ3v) is 9.17. The maximum absolute atomic E-state index is 6.59. The summed E-state index contributed by atoms with van der Waals surface area (Å²) in [5, 5.41) is 4.68. The van der Waals surface area contributed by atoms with Crippen molar-refractivity contribution in [2.75, 3.05) is 0 Å². The van der Waals surface area contributed by atoms with Crippen LogP contribution in [-0.4, -0.2) is 8.32 Å². The summed E-state index contributed by atoms with van der Waals surface area (Å²) in [5.74, 6) is 0. The first-order chi connectivity index (χ1) is 8.28. The zero-order chi connectivity index (χ0) is 13.8. The van der Waals surface area contributed by atoms with E-state index in [2.05, 4.69) is 57.6 Å². The topological polar surface area (TPSA) is 9.23 Å². The molecule has 104 valence electrons. The fourth-order valence-electron chi connectivity index (χ4n) is 1.67. The molecule has 0 saturated heterocycles.